The van der Waals surface area contributed by atoms with Crippen molar-refractivity contribution < 1.29 is 35.2 Å². The summed E-state index contributed by atoms with van der Waals surface area (Å²) >= 11 is 0. The molecule has 294 valence electrons. The van der Waals surface area contributed by atoms with Crippen LogP contribution < -0.4 is 0 Å². The summed E-state index contributed by atoms with van der Waals surface area (Å²) < 4.78 is 50.9. The monoisotopic (exact) mass is 775 g/mol. The number of carbonyl (C=O) groups is 1. The molecule has 0 N–H and O–H groups in total. The summed E-state index contributed by atoms with van der Waals surface area (Å²) in [5.41, 5.74) is 0.928. The molecule has 0 bridgehead atoms. The van der Waals surface area contributed by atoms with Gasteiger partial charge in [-0.25, -0.2) is 8.42 Å². The van der Waals surface area contributed by atoms with E-state index in [1.54, 1.807) is 12.1 Å². The van der Waals surface area contributed by atoms with Crippen LogP contribution in [0.25, 0.3) is 0 Å². The molecular weight excluding hydrogens is 699 g/mol. The lowest BCUT2D eigenvalue weighted by Crippen LogP contribution is -2.52. The zero-order valence-corrected chi connectivity index (χ0v) is 38.0. The highest BCUT2D eigenvalue weighted by atomic mass is 32.2. The van der Waals surface area contributed by atoms with Crippen LogP contribution in [-0.2, 0) is 27.9 Å². The SMILES string of the molecule is CCCCCCCCCCCCCCCC[N+](C)(C)CC(=O)COCCC[Si](C)(O[Si](C)(C)C)O[Si](C)(C)C.Cc1ccc(S(=O)(=O)[O-])cc1. The summed E-state index contributed by atoms with van der Waals surface area (Å²) in [6.45, 7) is 22.2. The van der Waals surface area contributed by atoms with Crippen molar-refractivity contribution >= 4 is 41.1 Å². The minimum Gasteiger partial charge on any atom is -0.744 e. The van der Waals surface area contributed by atoms with E-state index in [0.29, 0.717) is 13.2 Å². The van der Waals surface area contributed by atoms with Crippen molar-refractivity contribution in [3.63, 3.8) is 0 Å². The second-order valence-corrected chi connectivity index (χ2v) is 31.2. The zero-order chi connectivity index (χ0) is 38.3. The van der Waals surface area contributed by atoms with Gasteiger partial charge in [0, 0.05) is 6.61 Å². The van der Waals surface area contributed by atoms with Crippen molar-refractivity contribution in [2.24, 2.45) is 0 Å². The van der Waals surface area contributed by atoms with Crippen LogP contribution in [0.15, 0.2) is 29.2 Å². The van der Waals surface area contributed by atoms with E-state index >= 15 is 0 Å². The highest BCUT2D eigenvalue weighted by Gasteiger charge is 2.39. The number of unbranched alkanes of at least 4 members (excludes halogenated alkanes) is 13. The quantitative estimate of drug-likeness (QED) is 0.0361. The molecular formula is C38H77NO7SSi3. The van der Waals surface area contributed by atoms with Crippen LogP contribution in [-0.4, -0.2) is 88.8 Å². The van der Waals surface area contributed by atoms with E-state index < -0.39 is 35.3 Å². The third-order valence-electron chi connectivity index (χ3n) is 8.26. The first-order valence-electron chi connectivity index (χ1n) is 19.4. The molecule has 12 heteroatoms. The van der Waals surface area contributed by atoms with Crippen molar-refractivity contribution in [2.45, 2.75) is 167 Å². The van der Waals surface area contributed by atoms with Gasteiger partial charge in [-0.2, -0.15) is 0 Å². The van der Waals surface area contributed by atoms with E-state index in [-0.39, 0.29) is 17.3 Å². The molecule has 0 aliphatic rings. The fourth-order valence-corrected chi connectivity index (χ4v) is 19.1. The first kappa shape index (κ1) is 49.3. The van der Waals surface area contributed by atoms with Gasteiger partial charge in [0.2, 0.25) is 5.78 Å². The number of ether oxygens (including phenoxy) is 1. The van der Waals surface area contributed by atoms with E-state index in [1.165, 1.54) is 102 Å². The predicted molar refractivity (Wildman–Crippen MR) is 217 cm³/mol. The van der Waals surface area contributed by atoms with Gasteiger partial charge in [0.1, 0.15) is 23.3 Å². The molecule has 0 amide bonds. The minimum absolute atomic E-state index is 0.178. The van der Waals surface area contributed by atoms with Gasteiger partial charge < -0.3 is 22.0 Å². The highest BCUT2D eigenvalue weighted by molar-refractivity contribution is 7.85. The van der Waals surface area contributed by atoms with Crippen LogP contribution in [0.3, 0.4) is 0 Å². The summed E-state index contributed by atoms with van der Waals surface area (Å²) in [5.74, 6) is 0.210. The summed E-state index contributed by atoms with van der Waals surface area (Å²) in [7, 11) is -5.48. The van der Waals surface area contributed by atoms with Crippen LogP contribution >= 0.6 is 0 Å². The number of ketones is 1. The van der Waals surface area contributed by atoms with Gasteiger partial charge in [-0.1, -0.05) is 102 Å². The Morgan fingerprint density at radius 2 is 1.12 bits per heavy atom. The van der Waals surface area contributed by atoms with Crippen LogP contribution in [0, 0.1) is 6.92 Å². The fourth-order valence-electron chi connectivity index (χ4n) is 6.14. The molecule has 0 aliphatic carbocycles. The van der Waals surface area contributed by atoms with Gasteiger partial charge in [-0.15, -0.1) is 0 Å². The van der Waals surface area contributed by atoms with Gasteiger partial charge in [-0.05, 0) is 90.2 Å². The Morgan fingerprint density at radius 1 is 0.700 bits per heavy atom. The number of benzene rings is 1. The third kappa shape index (κ3) is 29.8. The van der Waals surface area contributed by atoms with Crippen LogP contribution in [0.1, 0.15) is 109 Å². The van der Waals surface area contributed by atoms with Gasteiger partial charge in [0.05, 0.1) is 25.5 Å². The number of hydrogen-bond acceptors (Lipinski definition) is 7. The maximum atomic E-state index is 12.6. The molecule has 1 aromatic carbocycles. The van der Waals surface area contributed by atoms with Gasteiger partial charge in [0.25, 0.3) is 0 Å². The number of rotatable bonds is 28. The number of likely N-dealkylation sites (N-methyl/N-ethyl adjacent to an activating group) is 1. The number of quaternary nitrogens is 1. The number of carbonyl (C=O) groups excluding carboxylic acids is 1. The average Bonchev–Trinajstić information content (AvgIpc) is 2.95. The Morgan fingerprint density at radius 3 is 1.52 bits per heavy atom. The van der Waals surface area contributed by atoms with Crippen LogP contribution in [0.5, 0.6) is 0 Å². The normalized spacial score (nSPS) is 12.9. The predicted octanol–water partition coefficient (Wildman–Crippen LogP) is 10.2. The smallest absolute Gasteiger partial charge is 0.314 e. The second-order valence-electron chi connectivity index (χ2n) is 16.9. The average molecular weight is 776 g/mol. The summed E-state index contributed by atoms with van der Waals surface area (Å²) in [4.78, 5) is 12.4. The Balaban J connectivity index is 0.00000183. The molecule has 0 spiro atoms. The lowest BCUT2D eigenvalue weighted by molar-refractivity contribution is -0.882. The molecule has 1 rings (SSSR count). The second kappa shape index (κ2) is 25.3. The molecule has 0 atom stereocenters. The Hall–Kier alpha value is -0.709. The zero-order valence-electron chi connectivity index (χ0n) is 34.2. The van der Waals surface area contributed by atoms with Gasteiger partial charge in [-0.3, -0.25) is 4.79 Å². The molecule has 50 heavy (non-hydrogen) atoms. The molecule has 0 unspecified atom stereocenters. The topological polar surface area (TPSA) is 102 Å². The molecule has 8 nitrogen and oxygen atoms in total. The fraction of sp³-hybridized carbons (Fsp3) is 0.816. The third-order valence-corrected chi connectivity index (χ3v) is 18.7. The minimum atomic E-state index is -4.27. The Bertz CT molecular complexity index is 1120. The van der Waals surface area contributed by atoms with Crippen molar-refractivity contribution in [1.29, 1.82) is 0 Å². The molecule has 0 fully saturated rings. The van der Waals surface area contributed by atoms with Crippen molar-refractivity contribution in [2.75, 3.05) is 40.4 Å². The van der Waals surface area contributed by atoms with Gasteiger partial charge in [0.15, 0.2) is 16.6 Å². The number of nitrogens with zero attached hydrogens (tertiary/aromatic N) is 1. The van der Waals surface area contributed by atoms with E-state index in [0.717, 1.165) is 29.1 Å². The first-order chi connectivity index (χ1) is 23.1. The molecule has 0 saturated heterocycles. The lowest BCUT2D eigenvalue weighted by Gasteiger charge is -2.38. The van der Waals surface area contributed by atoms with Crippen LogP contribution in [0.2, 0.25) is 51.9 Å². The molecule has 0 radical (unpaired) electrons. The Labute approximate surface area is 312 Å². The van der Waals surface area contributed by atoms with Crippen molar-refractivity contribution in [3.8, 4) is 0 Å². The van der Waals surface area contributed by atoms with Crippen molar-refractivity contribution in [1.82, 2.24) is 0 Å². The summed E-state index contributed by atoms with van der Waals surface area (Å²) in [6, 6.07) is 6.71. The van der Waals surface area contributed by atoms with E-state index in [2.05, 4.69) is 66.8 Å². The lowest BCUT2D eigenvalue weighted by atomic mass is 10.0. The van der Waals surface area contributed by atoms with Crippen molar-refractivity contribution in [3.05, 3.63) is 29.8 Å². The standard InChI is InChI=1S/C31H70NO4Si3.C7H8O3S/c1-11-12-13-14-15-16-17-18-19-20-21-22-23-24-26-32(2,3)29-31(33)30-34-27-25-28-39(10,35-37(4,5)6)36-38(7,8)9;1-6-2-4-7(5-3-6)11(8,9)10/h11-30H2,1-10H3;2-5H,1H3,(H,8,9,10)/q+1;/p-1. The number of hydrogen-bond donors (Lipinski definition) is 0. The van der Waals surface area contributed by atoms with E-state index in [1.807, 2.05) is 6.92 Å². The molecule has 0 aliphatic heterocycles. The Kier molecular flexibility index (Phi) is 25.0. The summed E-state index contributed by atoms with van der Waals surface area (Å²) in [6.07, 6.45) is 20.2. The first-order valence-corrected chi connectivity index (χ1v) is 30.2. The number of aryl methyl sites for hydroxylation is 1. The molecule has 0 saturated carbocycles. The molecule has 0 heterocycles. The highest BCUT2D eigenvalue weighted by Crippen LogP contribution is 2.25. The molecule has 1 aromatic rings. The maximum absolute atomic E-state index is 12.6. The van der Waals surface area contributed by atoms with E-state index in [9.17, 15) is 17.8 Å². The van der Waals surface area contributed by atoms with Gasteiger partial charge >= 0.3 is 8.56 Å². The largest absolute Gasteiger partial charge is 0.744 e. The number of Topliss-reactive ketones (excluding diaryl/α,β-unsaturated/α-hetero) is 1. The summed E-state index contributed by atoms with van der Waals surface area (Å²) in [5, 5.41) is 0. The van der Waals surface area contributed by atoms with Crippen LogP contribution in [0.4, 0.5) is 0 Å². The van der Waals surface area contributed by atoms with E-state index in [4.69, 9.17) is 13.0 Å². The maximum Gasteiger partial charge on any atom is 0.314 e. The molecule has 0 aromatic heterocycles.